The average Bonchev–Trinajstić information content (AvgIpc) is 2.01. The van der Waals surface area contributed by atoms with Gasteiger partial charge in [0.1, 0.15) is 4.90 Å². The number of aromatic nitrogens is 1. The molecule has 1 aromatic heterocycles. The van der Waals surface area contributed by atoms with E-state index in [1.54, 1.807) is 4.72 Å². The number of hydrogen-bond acceptors (Lipinski definition) is 5. The number of hydrogen-bond donors (Lipinski definition) is 3. The summed E-state index contributed by atoms with van der Waals surface area (Å²) < 4.78 is 24.2. The molecule has 0 aliphatic carbocycles. The number of sulfonamides is 1. The predicted octanol–water partition coefficient (Wildman–Crippen LogP) is -0.979. The minimum atomic E-state index is -3.95. The van der Waals surface area contributed by atoms with E-state index in [9.17, 15) is 13.2 Å². The fourth-order valence-electron chi connectivity index (χ4n) is 0.774. The molecule has 0 spiro atoms. The molecule has 0 saturated heterocycles. The zero-order valence-electron chi connectivity index (χ0n) is 6.97. The first-order valence-electron chi connectivity index (χ1n) is 3.44. The lowest BCUT2D eigenvalue weighted by atomic mass is 10.4. The van der Waals surface area contributed by atoms with Gasteiger partial charge in [0.05, 0.1) is 5.69 Å². The Morgan fingerprint density at radius 1 is 1.43 bits per heavy atom. The van der Waals surface area contributed by atoms with Crippen LogP contribution in [0.5, 0.6) is 0 Å². The number of amides is 2. The second-order valence-corrected chi connectivity index (χ2v) is 4.11. The van der Waals surface area contributed by atoms with Crippen LogP contribution in [0, 0.1) is 0 Å². The van der Waals surface area contributed by atoms with Crippen LogP contribution in [0.25, 0.3) is 0 Å². The first-order valence-corrected chi connectivity index (χ1v) is 4.93. The third kappa shape index (κ3) is 2.33. The van der Waals surface area contributed by atoms with Gasteiger partial charge >= 0.3 is 6.03 Å². The number of rotatable bonds is 2. The van der Waals surface area contributed by atoms with Crippen molar-refractivity contribution < 1.29 is 13.2 Å². The highest BCUT2D eigenvalue weighted by molar-refractivity contribution is 7.90. The highest BCUT2D eigenvalue weighted by Gasteiger charge is 2.16. The topological polar surface area (TPSA) is 128 Å². The zero-order valence-corrected chi connectivity index (χ0v) is 7.78. The van der Waals surface area contributed by atoms with E-state index in [1.165, 1.54) is 6.20 Å². The van der Waals surface area contributed by atoms with Gasteiger partial charge in [0.2, 0.25) is 0 Å². The largest absolute Gasteiger partial charge is 0.397 e. The molecule has 0 aliphatic rings. The van der Waals surface area contributed by atoms with E-state index in [-0.39, 0.29) is 10.6 Å². The molecular formula is C6H8N4O3S. The van der Waals surface area contributed by atoms with Crippen molar-refractivity contribution in [2.45, 2.75) is 4.90 Å². The van der Waals surface area contributed by atoms with Gasteiger partial charge < -0.3 is 11.5 Å². The standard InChI is InChI=1S/C6H8N4O3S/c7-4-1-5(3-9-2-4)14(12,13)10-6(8)11/h1-3H,7H2,(H3,8,10,11). The molecule has 0 atom stereocenters. The van der Waals surface area contributed by atoms with Gasteiger partial charge in [-0.05, 0) is 6.07 Å². The summed E-state index contributed by atoms with van der Waals surface area (Å²) >= 11 is 0. The first-order chi connectivity index (χ1) is 6.42. The number of nitrogens with one attached hydrogen (secondary N) is 1. The van der Waals surface area contributed by atoms with Crippen LogP contribution >= 0.6 is 0 Å². The van der Waals surface area contributed by atoms with Gasteiger partial charge in [0.25, 0.3) is 10.0 Å². The predicted molar refractivity (Wildman–Crippen MR) is 48.6 cm³/mol. The number of primary amides is 1. The van der Waals surface area contributed by atoms with Crippen LogP contribution in [0.3, 0.4) is 0 Å². The summed E-state index contributed by atoms with van der Waals surface area (Å²) in [6, 6.07) is 0.00516. The Bertz CT molecular complexity index is 456. The van der Waals surface area contributed by atoms with Crippen LogP contribution in [-0.2, 0) is 10.0 Å². The van der Waals surface area contributed by atoms with E-state index in [4.69, 9.17) is 5.73 Å². The Labute approximate surface area is 80.2 Å². The Kier molecular flexibility index (Phi) is 2.56. The van der Waals surface area contributed by atoms with Crippen LogP contribution in [-0.4, -0.2) is 19.4 Å². The molecule has 7 nitrogen and oxygen atoms in total. The maximum Gasteiger partial charge on any atom is 0.326 e. The molecule has 76 valence electrons. The van der Waals surface area contributed by atoms with Crippen LogP contribution < -0.4 is 16.2 Å². The lowest BCUT2D eigenvalue weighted by Crippen LogP contribution is -2.35. The Balaban J connectivity index is 3.11. The van der Waals surface area contributed by atoms with Gasteiger partial charge in [-0.2, -0.15) is 0 Å². The first kappa shape index (κ1) is 10.3. The monoisotopic (exact) mass is 216 g/mol. The molecular weight excluding hydrogens is 208 g/mol. The van der Waals surface area contributed by atoms with Crippen molar-refractivity contribution in [3.8, 4) is 0 Å². The number of urea groups is 1. The molecule has 2 amide bonds. The minimum Gasteiger partial charge on any atom is -0.397 e. The third-order valence-corrected chi connectivity index (χ3v) is 2.59. The maximum absolute atomic E-state index is 11.3. The fourth-order valence-corrected chi connectivity index (χ4v) is 1.65. The number of nitrogens with zero attached hydrogens (tertiary/aromatic N) is 1. The molecule has 1 heterocycles. The molecule has 1 rings (SSSR count). The molecule has 0 fully saturated rings. The molecule has 0 radical (unpaired) electrons. The van der Waals surface area contributed by atoms with Gasteiger partial charge in [-0.25, -0.2) is 17.9 Å². The lowest BCUT2D eigenvalue weighted by Gasteiger charge is -2.03. The fraction of sp³-hybridized carbons (Fsp3) is 0. The quantitative estimate of drug-likeness (QED) is 0.585. The Morgan fingerprint density at radius 3 is 2.57 bits per heavy atom. The number of nitrogens with two attached hydrogens (primary N) is 2. The van der Waals surface area contributed by atoms with Crippen LogP contribution in [0.15, 0.2) is 23.4 Å². The number of carbonyl (C=O) groups is 1. The third-order valence-electron chi connectivity index (χ3n) is 1.28. The molecule has 5 N–H and O–H groups in total. The smallest absolute Gasteiger partial charge is 0.326 e. The summed E-state index contributed by atoms with van der Waals surface area (Å²) in [7, 11) is -3.95. The van der Waals surface area contributed by atoms with E-state index < -0.39 is 16.1 Å². The highest BCUT2D eigenvalue weighted by atomic mass is 32.2. The summed E-state index contributed by atoms with van der Waals surface area (Å²) in [5.41, 5.74) is 10.2. The summed E-state index contributed by atoms with van der Waals surface area (Å²) in [5.74, 6) is 0. The normalized spacial score (nSPS) is 10.9. The van der Waals surface area contributed by atoms with Crippen LogP contribution in [0.4, 0.5) is 10.5 Å². The Hall–Kier alpha value is -1.83. The van der Waals surface area contributed by atoms with Gasteiger partial charge in [-0.1, -0.05) is 0 Å². The van der Waals surface area contributed by atoms with Crippen LogP contribution in [0.2, 0.25) is 0 Å². The molecule has 1 aromatic rings. The number of carbonyl (C=O) groups excluding carboxylic acids is 1. The van der Waals surface area contributed by atoms with E-state index >= 15 is 0 Å². The highest BCUT2D eigenvalue weighted by Crippen LogP contribution is 2.09. The number of nitrogen functional groups attached to an aromatic ring is 1. The molecule has 14 heavy (non-hydrogen) atoms. The van der Waals surface area contributed by atoms with Gasteiger partial charge in [0.15, 0.2) is 0 Å². The van der Waals surface area contributed by atoms with Crippen molar-refractivity contribution in [2.24, 2.45) is 5.73 Å². The summed E-state index contributed by atoms with van der Waals surface area (Å²) in [5, 5.41) is 0. The lowest BCUT2D eigenvalue weighted by molar-refractivity contribution is 0.253. The van der Waals surface area contributed by atoms with Crippen LogP contribution in [0.1, 0.15) is 0 Å². The van der Waals surface area contributed by atoms with Crippen molar-refractivity contribution in [1.29, 1.82) is 0 Å². The van der Waals surface area contributed by atoms with Crippen molar-refractivity contribution in [3.63, 3.8) is 0 Å². The molecule has 0 aromatic carbocycles. The molecule has 8 heteroatoms. The second kappa shape index (κ2) is 3.50. The number of anilines is 1. The number of pyridine rings is 1. The SMILES string of the molecule is NC(=O)NS(=O)(=O)c1cncc(N)c1. The minimum absolute atomic E-state index is 0.178. The van der Waals surface area contributed by atoms with Crippen molar-refractivity contribution in [1.82, 2.24) is 9.71 Å². The summed E-state index contributed by atoms with van der Waals surface area (Å²) in [6.07, 6.45) is 2.34. The van der Waals surface area contributed by atoms with Crippen molar-refractivity contribution in [2.75, 3.05) is 5.73 Å². The molecule has 0 aliphatic heterocycles. The van der Waals surface area contributed by atoms with Gasteiger partial charge in [-0.3, -0.25) is 4.98 Å². The maximum atomic E-state index is 11.3. The van der Waals surface area contributed by atoms with Crippen molar-refractivity contribution >= 4 is 21.7 Å². The van der Waals surface area contributed by atoms with E-state index in [0.717, 1.165) is 12.3 Å². The summed E-state index contributed by atoms with van der Waals surface area (Å²) in [6.45, 7) is 0. The van der Waals surface area contributed by atoms with E-state index in [0.29, 0.717) is 0 Å². The van der Waals surface area contributed by atoms with Gasteiger partial charge in [-0.15, -0.1) is 0 Å². The van der Waals surface area contributed by atoms with E-state index in [1.807, 2.05) is 0 Å². The zero-order chi connectivity index (χ0) is 10.8. The van der Waals surface area contributed by atoms with E-state index in [2.05, 4.69) is 10.7 Å². The Morgan fingerprint density at radius 2 is 2.07 bits per heavy atom. The summed E-state index contributed by atoms with van der Waals surface area (Å²) in [4.78, 5) is 13.7. The molecule has 0 bridgehead atoms. The molecule has 0 unspecified atom stereocenters. The van der Waals surface area contributed by atoms with Crippen molar-refractivity contribution in [3.05, 3.63) is 18.5 Å². The molecule has 0 saturated carbocycles. The average molecular weight is 216 g/mol. The van der Waals surface area contributed by atoms with Gasteiger partial charge in [0, 0.05) is 12.4 Å². The second-order valence-electron chi connectivity index (χ2n) is 2.42.